The molecule has 0 atom stereocenters. The van der Waals surface area contributed by atoms with Crippen LogP contribution in [0.15, 0.2) is 55.1 Å². The SMILES string of the molecule is C=CCc1cc(/C=C/C(=O)c2ccc(O)cc2)c(OCCC)cc1OCCC. The summed E-state index contributed by atoms with van der Waals surface area (Å²) in [4.78, 5) is 12.4. The highest BCUT2D eigenvalue weighted by atomic mass is 16.5. The van der Waals surface area contributed by atoms with Gasteiger partial charge in [-0.25, -0.2) is 0 Å². The number of phenolic OH excluding ortho intramolecular Hbond substituents is 1. The van der Waals surface area contributed by atoms with E-state index in [0.29, 0.717) is 30.9 Å². The van der Waals surface area contributed by atoms with Gasteiger partial charge in [0.05, 0.1) is 13.2 Å². The van der Waals surface area contributed by atoms with Gasteiger partial charge in [0.25, 0.3) is 0 Å². The van der Waals surface area contributed by atoms with E-state index in [1.54, 1.807) is 18.2 Å². The van der Waals surface area contributed by atoms with E-state index in [2.05, 4.69) is 13.5 Å². The Hall–Kier alpha value is -3.01. The highest BCUT2D eigenvalue weighted by molar-refractivity contribution is 6.07. The largest absolute Gasteiger partial charge is 0.508 e. The molecule has 2 rings (SSSR count). The number of hydrogen-bond acceptors (Lipinski definition) is 4. The van der Waals surface area contributed by atoms with Crippen molar-refractivity contribution < 1.29 is 19.4 Å². The standard InChI is InChI=1S/C24H28O4/c1-4-7-19-16-20(10-13-22(26)18-8-11-21(25)12-9-18)24(28-15-6-3)17-23(19)27-14-5-2/h4,8-13,16-17,25H,1,5-7,14-15H2,2-3H3/b13-10+. The van der Waals surface area contributed by atoms with Gasteiger partial charge in [0.2, 0.25) is 0 Å². The summed E-state index contributed by atoms with van der Waals surface area (Å²) in [5, 5.41) is 9.37. The maximum absolute atomic E-state index is 12.4. The molecule has 0 bridgehead atoms. The van der Waals surface area contributed by atoms with E-state index in [1.165, 1.54) is 18.2 Å². The average Bonchev–Trinajstić information content (AvgIpc) is 2.70. The predicted molar refractivity (Wildman–Crippen MR) is 113 cm³/mol. The summed E-state index contributed by atoms with van der Waals surface area (Å²) in [6, 6.07) is 10.1. The first-order valence-corrected chi connectivity index (χ1v) is 9.63. The second-order valence-corrected chi connectivity index (χ2v) is 6.43. The van der Waals surface area contributed by atoms with Crippen LogP contribution in [0.2, 0.25) is 0 Å². The molecule has 0 aliphatic carbocycles. The fourth-order valence-corrected chi connectivity index (χ4v) is 2.64. The van der Waals surface area contributed by atoms with Gasteiger partial charge in [-0.15, -0.1) is 6.58 Å². The molecule has 1 N–H and O–H groups in total. The number of rotatable bonds is 11. The molecule has 28 heavy (non-hydrogen) atoms. The van der Waals surface area contributed by atoms with Gasteiger partial charge in [-0.1, -0.05) is 19.9 Å². The first-order valence-electron chi connectivity index (χ1n) is 9.63. The normalized spacial score (nSPS) is 10.8. The van der Waals surface area contributed by atoms with Crippen molar-refractivity contribution in [2.45, 2.75) is 33.1 Å². The van der Waals surface area contributed by atoms with Gasteiger partial charge in [-0.2, -0.15) is 0 Å². The molecule has 0 amide bonds. The number of ether oxygens (including phenoxy) is 2. The predicted octanol–water partition coefficient (Wildman–Crippen LogP) is 5.59. The number of phenols is 1. The Morgan fingerprint density at radius 3 is 2.29 bits per heavy atom. The van der Waals surface area contributed by atoms with E-state index in [0.717, 1.165) is 29.7 Å². The van der Waals surface area contributed by atoms with E-state index in [9.17, 15) is 9.90 Å². The molecule has 0 fully saturated rings. The van der Waals surface area contributed by atoms with Gasteiger partial charge < -0.3 is 14.6 Å². The topological polar surface area (TPSA) is 55.8 Å². The van der Waals surface area contributed by atoms with Crippen LogP contribution in [-0.2, 0) is 6.42 Å². The third kappa shape index (κ3) is 6.02. The minimum atomic E-state index is -0.141. The highest BCUT2D eigenvalue weighted by Crippen LogP contribution is 2.31. The molecule has 0 heterocycles. The molecule has 0 saturated carbocycles. The zero-order valence-electron chi connectivity index (χ0n) is 16.6. The average molecular weight is 380 g/mol. The Morgan fingerprint density at radius 1 is 1.04 bits per heavy atom. The minimum absolute atomic E-state index is 0.132. The molecule has 0 aliphatic rings. The van der Waals surface area contributed by atoms with Gasteiger partial charge in [-0.05, 0) is 67.3 Å². The molecule has 0 aliphatic heterocycles. The summed E-state index contributed by atoms with van der Waals surface area (Å²) >= 11 is 0. The van der Waals surface area contributed by atoms with Crippen LogP contribution in [0, 0.1) is 0 Å². The lowest BCUT2D eigenvalue weighted by molar-refractivity contribution is 0.104. The molecule has 2 aromatic carbocycles. The molecule has 0 radical (unpaired) electrons. The summed E-state index contributed by atoms with van der Waals surface area (Å²) in [5.74, 6) is 1.47. The van der Waals surface area contributed by atoms with Crippen LogP contribution in [0.1, 0.15) is 48.2 Å². The van der Waals surface area contributed by atoms with Crippen molar-refractivity contribution in [2.24, 2.45) is 0 Å². The van der Waals surface area contributed by atoms with Crippen LogP contribution in [-0.4, -0.2) is 24.1 Å². The van der Waals surface area contributed by atoms with Crippen molar-refractivity contribution in [1.82, 2.24) is 0 Å². The van der Waals surface area contributed by atoms with Gasteiger partial charge in [-0.3, -0.25) is 4.79 Å². The number of hydrogen-bond donors (Lipinski definition) is 1. The monoisotopic (exact) mass is 380 g/mol. The fourth-order valence-electron chi connectivity index (χ4n) is 2.64. The van der Waals surface area contributed by atoms with Crippen molar-refractivity contribution in [1.29, 1.82) is 0 Å². The van der Waals surface area contributed by atoms with Crippen LogP contribution in [0.5, 0.6) is 17.2 Å². The van der Waals surface area contributed by atoms with Crippen LogP contribution in [0.25, 0.3) is 6.08 Å². The Morgan fingerprint density at radius 2 is 1.68 bits per heavy atom. The summed E-state index contributed by atoms with van der Waals surface area (Å²) in [5.41, 5.74) is 2.34. The molecule has 0 spiro atoms. The van der Waals surface area contributed by atoms with E-state index in [1.807, 2.05) is 25.1 Å². The van der Waals surface area contributed by atoms with E-state index in [4.69, 9.17) is 9.47 Å². The van der Waals surface area contributed by atoms with Crippen LogP contribution in [0.3, 0.4) is 0 Å². The molecule has 148 valence electrons. The van der Waals surface area contributed by atoms with Crippen LogP contribution < -0.4 is 9.47 Å². The zero-order valence-corrected chi connectivity index (χ0v) is 16.6. The molecule has 2 aromatic rings. The fraction of sp³-hybridized carbons (Fsp3) is 0.292. The lowest BCUT2D eigenvalue weighted by Gasteiger charge is -2.15. The van der Waals surface area contributed by atoms with Crippen LogP contribution >= 0.6 is 0 Å². The summed E-state index contributed by atoms with van der Waals surface area (Å²) in [6.07, 6.45) is 7.58. The lowest BCUT2D eigenvalue weighted by Crippen LogP contribution is -2.03. The maximum atomic E-state index is 12.4. The third-order valence-electron chi connectivity index (χ3n) is 4.05. The highest BCUT2D eigenvalue weighted by Gasteiger charge is 2.11. The Kier molecular flexibility index (Phi) is 8.35. The maximum Gasteiger partial charge on any atom is 0.185 e. The van der Waals surface area contributed by atoms with Crippen molar-refractivity contribution in [2.75, 3.05) is 13.2 Å². The Balaban J connectivity index is 2.35. The van der Waals surface area contributed by atoms with Crippen molar-refractivity contribution in [3.8, 4) is 17.2 Å². The number of ketones is 1. The Bertz CT molecular complexity index is 819. The number of carbonyl (C=O) groups is 1. The Labute approximate surface area is 167 Å². The molecule has 4 heteroatoms. The van der Waals surface area contributed by atoms with Gasteiger partial charge in [0, 0.05) is 17.2 Å². The smallest absolute Gasteiger partial charge is 0.185 e. The molecular formula is C24H28O4. The second-order valence-electron chi connectivity index (χ2n) is 6.43. The van der Waals surface area contributed by atoms with Gasteiger partial charge >= 0.3 is 0 Å². The first kappa shape index (κ1) is 21.3. The minimum Gasteiger partial charge on any atom is -0.508 e. The molecular weight excluding hydrogens is 352 g/mol. The summed E-state index contributed by atoms with van der Waals surface area (Å²) in [7, 11) is 0. The van der Waals surface area contributed by atoms with Gasteiger partial charge in [0.1, 0.15) is 17.2 Å². The molecule has 4 nitrogen and oxygen atoms in total. The summed E-state index contributed by atoms with van der Waals surface area (Å²) < 4.78 is 11.8. The van der Waals surface area contributed by atoms with Crippen molar-refractivity contribution in [3.05, 3.63) is 71.8 Å². The zero-order chi connectivity index (χ0) is 20.4. The van der Waals surface area contributed by atoms with Crippen LogP contribution in [0.4, 0.5) is 0 Å². The van der Waals surface area contributed by atoms with Crippen molar-refractivity contribution >= 4 is 11.9 Å². The van der Waals surface area contributed by atoms with Gasteiger partial charge in [0.15, 0.2) is 5.78 Å². The van der Waals surface area contributed by atoms with Crippen molar-refractivity contribution in [3.63, 3.8) is 0 Å². The number of carbonyl (C=O) groups excluding carboxylic acids is 1. The van der Waals surface area contributed by atoms with E-state index in [-0.39, 0.29) is 11.5 Å². The third-order valence-corrected chi connectivity index (χ3v) is 4.05. The second kappa shape index (κ2) is 11.0. The quantitative estimate of drug-likeness (QED) is 0.313. The lowest BCUT2D eigenvalue weighted by atomic mass is 10.0. The number of aromatic hydroxyl groups is 1. The molecule has 0 aromatic heterocycles. The molecule has 0 saturated heterocycles. The number of benzene rings is 2. The van der Waals surface area contributed by atoms with E-state index >= 15 is 0 Å². The number of allylic oxidation sites excluding steroid dienone is 2. The molecule has 0 unspecified atom stereocenters. The summed E-state index contributed by atoms with van der Waals surface area (Å²) in [6.45, 7) is 9.14. The first-order chi connectivity index (χ1) is 13.6. The van der Waals surface area contributed by atoms with E-state index < -0.39 is 0 Å².